The molecule has 0 aliphatic rings. The van der Waals surface area contributed by atoms with Crippen molar-refractivity contribution in [2.24, 2.45) is 0 Å². The van der Waals surface area contributed by atoms with Crippen molar-refractivity contribution >= 4 is 0 Å². The molecule has 1 rings (SSSR count). The molecule has 0 N–H and O–H groups in total. The van der Waals surface area contributed by atoms with Gasteiger partial charge in [0.25, 0.3) is 0 Å². The monoisotopic (exact) mass is 320 g/mol. The van der Waals surface area contributed by atoms with Crippen molar-refractivity contribution in [1.82, 2.24) is 9.80 Å². The van der Waals surface area contributed by atoms with Gasteiger partial charge < -0.3 is 9.64 Å². The largest absolute Gasteiger partial charge is 0.487 e. The van der Waals surface area contributed by atoms with Crippen LogP contribution in [0.5, 0.6) is 5.75 Å². The Balaban J connectivity index is 0.00000232. The van der Waals surface area contributed by atoms with Gasteiger partial charge in [0.15, 0.2) is 0 Å². The summed E-state index contributed by atoms with van der Waals surface area (Å²) in [5, 5.41) is 0. The van der Waals surface area contributed by atoms with Crippen LogP contribution < -0.4 is 4.74 Å². The molecular weight excluding hydrogens is 284 g/mol. The van der Waals surface area contributed by atoms with E-state index < -0.39 is 0 Å². The summed E-state index contributed by atoms with van der Waals surface area (Å²) in [6.45, 7) is 19.3. The highest BCUT2D eigenvalue weighted by Gasteiger charge is 2.04. The predicted molar refractivity (Wildman–Crippen MR) is 102 cm³/mol. The Labute approximate surface area is 143 Å². The van der Waals surface area contributed by atoms with Gasteiger partial charge in [-0.1, -0.05) is 53.3 Å². The van der Waals surface area contributed by atoms with E-state index >= 15 is 0 Å². The Hall–Kier alpha value is -1.48. The number of benzene rings is 1. The fourth-order valence-corrected chi connectivity index (χ4v) is 2.17. The normalized spacial score (nSPS) is 10.0. The Morgan fingerprint density at radius 1 is 1.04 bits per heavy atom. The van der Waals surface area contributed by atoms with Crippen LogP contribution in [0.3, 0.4) is 0 Å². The van der Waals surface area contributed by atoms with Crippen LogP contribution in [0.15, 0.2) is 36.5 Å². The van der Waals surface area contributed by atoms with Crippen LogP contribution in [0.25, 0.3) is 0 Å². The van der Waals surface area contributed by atoms with Gasteiger partial charge >= 0.3 is 0 Å². The highest BCUT2D eigenvalue weighted by atomic mass is 16.5. The maximum absolute atomic E-state index is 5.79. The van der Waals surface area contributed by atoms with Gasteiger partial charge in [0, 0.05) is 25.8 Å². The van der Waals surface area contributed by atoms with E-state index in [1.165, 1.54) is 5.56 Å². The molecule has 0 saturated carbocycles. The molecule has 0 spiro atoms. The lowest BCUT2D eigenvalue weighted by Crippen LogP contribution is -2.22. The molecule has 0 aliphatic carbocycles. The van der Waals surface area contributed by atoms with Gasteiger partial charge in [-0.25, -0.2) is 0 Å². The molecule has 3 nitrogen and oxygen atoms in total. The molecule has 1 aromatic rings. The standard InChI is InChI=1S/C18H30N2O.C2H6/c1-6-13-19(5)16(4)15-21-18-11-9-17(10-12-18)14-20(7-2)8-3;1-2/h9-12H,4,6-8,13-15H2,1-3,5H3;1-2H3. The van der Waals surface area contributed by atoms with E-state index in [1.54, 1.807) is 0 Å². The molecule has 0 unspecified atom stereocenters. The van der Waals surface area contributed by atoms with Crippen molar-refractivity contribution in [2.45, 2.75) is 47.6 Å². The summed E-state index contributed by atoms with van der Waals surface area (Å²) in [5.74, 6) is 0.907. The number of rotatable bonds is 10. The molecule has 0 radical (unpaired) electrons. The molecule has 0 heterocycles. The molecule has 0 atom stereocenters. The number of hydrogen-bond acceptors (Lipinski definition) is 3. The molecule has 0 amide bonds. The van der Waals surface area contributed by atoms with Gasteiger partial charge in [-0.05, 0) is 37.2 Å². The van der Waals surface area contributed by atoms with Gasteiger partial charge in [0.2, 0.25) is 0 Å². The highest BCUT2D eigenvalue weighted by molar-refractivity contribution is 5.27. The quantitative estimate of drug-likeness (QED) is 0.616. The van der Waals surface area contributed by atoms with E-state index in [9.17, 15) is 0 Å². The maximum Gasteiger partial charge on any atom is 0.127 e. The molecule has 0 aliphatic heterocycles. The van der Waals surface area contributed by atoms with Crippen molar-refractivity contribution in [3.05, 3.63) is 42.1 Å². The minimum Gasteiger partial charge on any atom is -0.487 e. The summed E-state index contributed by atoms with van der Waals surface area (Å²) < 4.78 is 5.79. The molecule has 132 valence electrons. The third-order valence-electron chi connectivity index (χ3n) is 3.73. The summed E-state index contributed by atoms with van der Waals surface area (Å²) in [7, 11) is 2.06. The summed E-state index contributed by atoms with van der Waals surface area (Å²) in [5.41, 5.74) is 2.34. The second-order valence-corrected chi connectivity index (χ2v) is 5.38. The van der Waals surface area contributed by atoms with Gasteiger partial charge in [-0.3, -0.25) is 4.90 Å². The molecule has 0 saturated heterocycles. The average molecular weight is 321 g/mol. The van der Waals surface area contributed by atoms with Crippen molar-refractivity contribution in [3.63, 3.8) is 0 Å². The maximum atomic E-state index is 5.79. The molecule has 0 fully saturated rings. The lowest BCUT2D eigenvalue weighted by Gasteiger charge is -2.21. The minimum absolute atomic E-state index is 0.548. The van der Waals surface area contributed by atoms with Crippen molar-refractivity contribution in [1.29, 1.82) is 0 Å². The van der Waals surface area contributed by atoms with Crippen molar-refractivity contribution < 1.29 is 4.74 Å². The fraction of sp³-hybridized carbons (Fsp3) is 0.600. The fourth-order valence-electron chi connectivity index (χ4n) is 2.17. The predicted octanol–water partition coefficient (Wildman–Crippen LogP) is 4.79. The van der Waals surface area contributed by atoms with E-state index in [0.29, 0.717) is 6.61 Å². The minimum atomic E-state index is 0.548. The van der Waals surface area contributed by atoms with Crippen LogP contribution in [0.1, 0.15) is 46.6 Å². The van der Waals surface area contributed by atoms with Crippen molar-refractivity contribution in [2.75, 3.05) is 33.3 Å². The van der Waals surface area contributed by atoms with Crippen LogP contribution in [0.4, 0.5) is 0 Å². The van der Waals surface area contributed by atoms with Gasteiger partial charge in [-0.2, -0.15) is 0 Å². The van der Waals surface area contributed by atoms with E-state index in [-0.39, 0.29) is 0 Å². The number of likely N-dealkylation sites (N-methyl/N-ethyl adjacent to an activating group) is 1. The lowest BCUT2D eigenvalue weighted by atomic mass is 10.2. The molecule has 0 bridgehead atoms. The van der Waals surface area contributed by atoms with Crippen LogP contribution >= 0.6 is 0 Å². The van der Waals surface area contributed by atoms with Crippen LogP contribution in [0, 0.1) is 0 Å². The van der Waals surface area contributed by atoms with Crippen LogP contribution in [0.2, 0.25) is 0 Å². The smallest absolute Gasteiger partial charge is 0.127 e. The number of hydrogen-bond donors (Lipinski definition) is 0. The van der Waals surface area contributed by atoms with E-state index in [2.05, 4.69) is 56.3 Å². The highest BCUT2D eigenvalue weighted by Crippen LogP contribution is 2.15. The Kier molecular flexibility index (Phi) is 12.2. The zero-order chi connectivity index (χ0) is 17.7. The Morgan fingerprint density at radius 2 is 1.61 bits per heavy atom. The third kappa shape index (κ3) is 8.65. The summed E-state index contributed by atoms with van der Waals surface area (Å²) in [4.78, 5) is 4.55. The first-order chi connectivity index (χ1) is 11.1. The van der Waals surface area contributed by atoms with Crippen molar-refractivity contribution in [3.8, 4) is 5.75 Å². The second kappa shape index (κ2) is 13.0. The van der Waals surface area contributed by atoms with Gasteiger partial charge in [0.1, 0.15) is 12.4 Å². The Morgan fingerprint density at radius 3 is 2.09 bits per heavy atom. The van der Waals surface area contributed by atoms with E-state index in [0.717, 1.165) is 44.0 Å². The van der Waals surface area contributed by atoms with E-state index in [4.69, 9.17) is 4.74 Å². The van der Waals surface area contributed by atoms with Gasteiger partial charge in [0.05, 0.1) is 0 Å². The zero-order valence-electron chi connectivity index (χ0n) is 16.1. The zero-order valence-corrected chi connectivity index (χ0v) is 16.1. The summed E-state index contributed by atoms with van der Waals surface area (Å²) >= 11 is 0. The molecule has 23 heavy (non-hydrogen) atoms. The number of nitrogens with zero attached hydrogens (tertiary/aromatic N) is 2. The van der Waals surface area contributed by atoms with E-state index in [1.807, 2.05) is 26.0 Å². The SMILES string of the molecule is C=C(COc1ccc(CN(CC)CC)cc1)N(C)CCC.CC. The second-order valence-electron chi connectivity index (χ2n) is 5.38. The van der Waals surface area contributed by atoms with Crippen LogP contribution in [-0.4, -0.2) is 43.1 Å². The lowest BCUT2D eigenvalue weighted by molar-refractivity contribution is 0.290. The topological polar surface area (TPSA) is 15.7 Å². The number of ether oxygens (including phenoxy) is 1. The van der Waals surface area contributed by atoms with Crippen LogP contribution in [-0.2, 0) is 6.54 Å². The molecule has 3 heteroatoms. The molecule has 0 aromatic heterocycles. The molecular formula is C20H36N2O. The Bertz CT molecular complexity index is 410. The average Bonchev–Trinajstić information content (AvgIpc) is 2.60. The third-order valence-corrected chi connectivity index (χ3v) is 3.73. The first-order valence-electron chi connectivity index (χ1n) is 8.93. The van der Waals surface area contributed by atoms with Gasteiger partial charge in [-0.15, -0.1) is 0 Å². The summed E-state index contributed by atoms with van der Waals surface area (Å²) in [6.07, 6.45) is 1.12. The first kappa shape index (κ1) is 21.5. The summed E-state index contributed by atoms with van der Waals surface area (Å²) in [6, 6.07) is 8.39. The molecule has 1 aromatic carbocycles. The first-order valence-corrected chi connectivity index (χ1v) is 8.93.